The zero-order valence-electron chi connectivity index (χ0n) is 19.1. The van der Waals surface area contributed by atoms with Crippen molar-refractivity contribution in [1.29, 1.82) is 0 Å². The van der Waals surface area contributed by atoms with Gasteiger partial charge in [-0.3, -0.25) is 19.9 Å². The Bertz CT molecular complexity index is 779. The Morgan fingerprint density at radius 3 is 2.35 bits per heavy atom. The molecule has 2 aliphatic rings. The number of para-hydroxylation sites is 1. The van der Waals surface area contributed by atoms with Gasteiger partial charge in [0.25, 0.3) is 5.69 Å². The van der Waals surface area contributed by atoms with Crippen LogP contribution in [0.15, 0.2) is 18.2 Å². The third-order valence-corrected chi connectivity index (χ3v) is 6.01. The zero-order valence-corrected chi connectivity index (χ0v) is 19.1. The quantitative estimate of drug-likeness (QED) is 0.563. The highest BCUT2D eigenvalue weighted by molar-refractivity contribution is 5.68. The van der Waals surface area contributed by atoms with Crippen LogP contribution in [0.1, 0.15) is 39.2 Å². The van der Waals surface area contributed by atoms with E-state index < -0.39 is 5.60 Å². The smallest absolute Gasteiger partial charge is 0.410 e. The molecule has 9 heteroatoms. The van der Waals surface area contributed by atoms with Crippen molar-refractivity contribution in [3.8, 4) is 0 Å². The summed E-state index contributed by atoms with van der Waals surface area (Å²) in [6.45, 7) is 11.7. The van der Waals surface area contributed by atoms with Crippen molar-refractivity contribution < 1.29 is 14.5 Å². The Labute approximate surface area is 184 Å². The lowest BCUT2D eigenvalue weighted by Gasteiger charge is -2.43. The van der Waals surface area contributed by atoms with Crippen molar-refractivity contribution in [3.63, 3.8) is 0 Å². The minimum absolute atomic E-state index is 0.121. The Kier molecular flexibility index (Phi) is 7.38. The summed E-state index contributed by atoms with van der Waals surface area (Å²) in [7, 11) is 1.73. The minimum atomic E-state index is -0.462. The fraction of sp³-hybridized carbons (Fsp3) is 0.682. The summed E-state index contributed by atoms with van der Waals surface area (Å²) in [6, 6.07) is 5.74. The molecule has 2 aliphatic heterocycles. The van der Waals surface area contributed by atoms with Crippen LogP contribution in [-0.2, 0) is 11.3 Å². The van der Waals surface area contributed by atoms with E-state index in [1.165, 1.54) is 6.07 Å². The number of likely N-dealkylation sites (tertiary alicyclic amines) is 1. The number of nitro groups is 1. The third-order valence-electron chi connectivity index (χ3n) is 6.01. The second kappa shape index (κ2) is 9.82. The first-order valence-electron chi connectivity index (χ1n) is 11.1. The highest BCUT2D eigenvalue weighted by Crippen LogP contribution is 2.29. The standard InChI is InChI=1S/C22H35N5O4/c1-22(2,3)31-21(28)26-10-8-18(9-11-26)25-14-12-24(13-15-25)16-17-6-5-7-19(27(29)30)20(17)23-4/h5-7,18,23H,8-16H2,1-4H3. The van der Waals surface area contributed by atoms with Crippen LogP contribution in [0, 0.1) is 10.1 Å². The molecule has 1 aromatic rings. The number of rotatable bonds is 5. The molecule has 3 rings (SSSR count). The van der Waals surface area contributed by atoms with Crippen molar-refractivity contribution in [3.05, 3.63) is 33.9 Å². The monoisotopic (exact) mass is 433 g/mol. The molecule has 2 heterocycles. The number of benzene rings is 1. The molecular weight excluding hydrogens is 398 g/mol. The molecule has 0 bridgehead atoms. The van der Waals surface area contributed by atoms with Gasteiger partial charge in [0.15, 0.2) is 0 Å². The molecule has 1 amide bonds. The number of nitro benzene ring substituents is 1. The van der Waals surface area contributed by atoms with Crippen LogP contribution in [0.3, 0.4) is 0 Å². The number of carbonyl (C=O) groups is 1. The number of ether oxygens (including phenoxy) is 1. The van der Waals surface area contributed by atoms with Gasteiger partial charge in [0.2, 0.25) is 0 Å². The molecule has 0 saturated carbocycles. The topological polar surface area (TPSA) is 91.2 Å². The molecule has 172 valence electrons. The lowest BCUT2D eigenvalue weighted by Crippen LogP contribution is -2.53. The summed E-state index contributed by atoms with van der Waals surface area (Å²) in [6.07, 6.45) is 1.72. The summed E-state index contributed by atoms with van der Waals surface area (Å²) >= 11 is 0. The van der Waals surface area contributed by atoms with Gasteiger partial charge in [-0.2, -0.15) is 0 Å². The summed E-state index contributed by atoms with van der Waals surface area (Å²) < 4.78 is 5.49. The van der Waals surface area contributed by atoms with Crippen molar-refractivity contribution in [2.45, 2.75) is 51.8 Å². The maximum absolute atomic E-state index is 12.3. The normalized spacial score (nSPS) is 19.3. The number of nitrogens with zero attached hydrogens (tertiary/aromatic N) is 4. The molecule has 0 unspecified atom stereocenters. The molecule has 0 aromatic heterocycles. The number of amides is 1. The molecule has 0 aliphatic carbocycles. The van der Waals surface area contributed by atoms with Crippen molar-refractivity contribution >= 4 is 17.5 Å². The predicted octanol–water partition coefficient (Wildman–Crippen LogP) is 3.15. The van der Waals surface area contributed by atoms with E-state index in [1.807, 2.05) is 31.7 Å². The molecular formula is C22H35N5O4. The summed E-state index contributed by atoms with van der Waals surface area (Å²) in [5, 5.41) is 14.3. The summed E-state index contributed by atoms with van der Waals surface area (Å²) in [5.41, 5.74) is 1.21. The molecule has 2 saturated heterocycles. The van der Waals surface area contributed by atoms with Crippen molar-refractivity contribution in [1.82, 2.24) is 14.7 Å². The Hall–Kier alpha value is -2.39. The Morgan fingerprint density at radius 1 is 1.16 bits per heavy atom. The minimum Gasteiger partial charge on any atom is -0.444 e. The van der Waals surface area contributed by atoms with Crippen LogP contribution in [0.25, 0.3) is 0 Å². The highest BCUT2D eigenvalue weighted by atomic mass is 16.6. The predicted molar refractivity (Wildman–Crippen MR) is 120 cm³/mol. The van der Waals surface area contributed by atoms with Gasteiger partial charge in [0, 0.05) is 65.0 Å². The molecule has 1 N–H and O–H groups in total. The average molecular weight is 434 g/mol. The van der Waals surface area contributed by atoms with E-state index in [2.05, 4.69) is 15.1 Å². The van der Waals surface area contributed by atoms with Crippen LogP contribution in [0.5, 0.6) is 0 Å². The average Bonchev–Trinajstić information content (AvgIpc) is 2.73. The van der Waals surface area contributed by atoms with Gasteiger partial charge in [-0.15, -0.1) is 0 Å². The van der Waals surface area contributed by atoms with E-state index in [1.54, 1.807) is 13.1 Å². The van der Waals surface area contributed by atoms with Crippen molar-refractivity contribution in [2.75, 3.05) is 51.6 Å². The second-order valence-corrected chi connectivity index (χ2v) is 9.33. The van der Waals surface area contributed by atoms with Gasteiger partial charge >= 0.3 is 6.09 Å². The van der Waals surface area contributed by atoms with E-state index in [0.717, 1.165) is 57.7 Å². The largest absolute Gasteiger partial charge is 0.444 e. The lowest BCUT2D eigenvalue weighted by atomic mass is 10.0. The second-order valence-electron chi connectivity index (χ2n) is 9.33. The number of nitrogens with one attached hydrogen (secondary N) is 1. The lowest BCUT2D eigenvalue weighted by molar-refractivity contribution is -0.384. The number of hydrogen-bond donors (Lipinski definition) is 1. The van der Waals surface area contributed by atoms with Crippen molar-refractivity contribution in [2.24, 2.45) is 0 Å². The van der Waals surface area contributed by atoms with Gasteiger partial charge in [0.1, 0.15) is 11.3 Å². The number of carbonyl (C=O) groups excluding carboxylic acids is 1. The number of piperidine rings is 1. The number of hydrogen-bond acceptors (Lipinski definition) is 7. The first-order valence-corrected chi connectivity index (χ1v) is 11.1. The summed E-state index contributed by atoms with van der Waals surface area (Å²) in [4.78, 5) is 29.9. The van der Waals surface area contributed by atoms with Gasteiger partial charge in [-0.1, -0.05) is 12.1 Å². The fourth-order valence-corrected chi connectivity index (χ4v) is 4.43. The Balaban J connectivity index is 1.48. The highest BCUT2D eigenvalue weighted by Gasteiger charge is 2.31. The van der Waals surface area contributed by atoms with Crippen LogP contribution in [0.2, 0.25) is 0 Å². The van der Waals surface area contributed by atoms with Crippen LogP contribution in [-0.4, -0.2) is 83.7 Å². The van der Waals surface area contributed by atoms with E-state index in [4.69, 9.17) is 4.74 Å². The van der Waals surface area contributed by atoms with Gasteiger partial charge < -0.3 is 15.0 Å². The first kappa shape index (κ1) is 23.3. The number of anilines is 1. The molecule has 9 nitrogen and oxygen atoms in total. The fourth-order valence-electron chi connectivity index (χ4n) is 4.43. The number of piperazine rings is 1. The molecule has 0 atom stereocenters. The van der Waals surface area contributed by atoms with Crippen LogP contribution in [0.4, 0.5) is 16.2 Å². The molecule has 1 aromatic carbocycles. The van der Waals surface area contributed by atoms with Crippen LogP contribution < -0.4 is 5.32 Å². The first-order chi connectivity index (χ1) is 14.7. The van der Waals surface area contributed by atoms with Gasteiger partial charge in [-0.25, -0.2) is 4.79 Å². The molecule has 2 fully saturated rings. The zero-order chi connectivity index (χ0) is 22.6. The molecule has 0 radical (unpaired) electrons. The molecule has 31 heavy (non-hydrogen) atoms. The maximum Gasteiger partial charge on any atom is 0.410 e. The van der Waals surface area contributed by atoms with Gasteiger partial charge in [0.05, 0.1) is 4.92 Å². The molecule has 0 spiro atoms. The van der Waals surface area contributed by atoms with E-state index in [0.29, 0.717) is 18.3 Å². The third kappa shape index (κ3) is 6.07. The SMILES string of the molecule is CNc1c(CN2CCN(C3CCN(C(=O)OC(C)(C)C)CC3)CC2)cccc1[N+](=O)[O-]. The van der Waals surface area contributed by atoms with E-state index in [9.17, 15) is 14.9 Å². The van der Waals surface area contributed by atoms with Crippen LogP contribution >= 0.6 is 0 Å². The van der Waals surface area contributed by atoms with Gasteiger partial charge in [-0.05, 0) is 39.2 Å². The van der Waals surface area contributed by atoms with E-state index >= 15 is 0 Å². The maximum atomic E-state index is 12.3. The van der Waals surface area contributed by atoms with E-state index in [-0.39, 0.29) is 16.7 Å². The summed E-state index contributed by atoms with van der Waals surface area (Å²) in [5.74, 6) is 0. The Morgan fingerprint density at radius 2 is 1.81 bits per heavy atom.